The first kappa shape index (κ1) is 8.13. The minimum atomic E-state index is 0.0963. The van der Waals surface area contributed by atoms with E-state index in [0.717, 1.165) is 11.5 Å². The molecule has 0 bridgehead atoms. The predicted molar refractivity (Wildman–Crippen MR) is 44.4 cm³/mol. The van der Waals surface area contributed by atoms with E-state index >= 15 is 0 Å². The minimum Gasteiger partial charge on any atom is -0.379 e. The molecule has 0 aliphatic heterocycles. The van der Waals surface area contributed by atoms with Gasteiger partial charge in [-0.15, -0.1) is 0 Å². The molecule has 0 fully saturated rings. The third-order valence-corrected chi connectivity index (χ3v) is 1.79. The zero-order valence-corrected chi connectivity index (χ0v) is 6.94. The molecule has 0 aromatic carbocycles. The number of rotatable bonds is 2. The minimum absolute atomic E-state index is 0.0963. The summed E-state index contributed by atoms with van der Waals surface area (Å²) in [6.07, 6.45) is 0. The summed E-state index contributed by atoms with van der Waals surface area (Å²) < 4.78 is 4.89. The summed E-state index contributed by atoms with van der Waals surface area (Å²) in [5, 5.41) is 10.7. The average Bonchev–Trinajstić information content (AvgIpc) is 2.31. The fourth-order valence-electron chi connectivity index (χ4n) is 0.633. The van der Waals surface area contributed by atoms with Gasteiger partial charge in [-0.3, -0.25) is 5.41 Å². The molecule has 3 N–H and O–H groups in total. The van der Waals surface area contributed by atoms with E-state index in [-0.39, 0.29) is 5.17 Å². The van der Waals surface area contributed by atoms with E-state index in [4.69, 9.17) is 15.7 Å². The Hall–Kier alpha value is -0.970. The second kappa shape index (κ2) is 3.43. The molecule has 5 heteroatoms. The molecule has 0 radical (unpaired) electrons. The van der Waals surface area contributed by atoms with Crippen molar-refractivity contribution in [2.45, 2.75) is 12.7 Å². The van der Waals surface area contributed by atoms with Gasteiger partial charge in [0, 0.05) is 6.07 Å². The zero-order valence-electron chi connectivity index (χ0n) is 6.13. The molecule has 0 atom stereocenters. The van der Waals surface area contributed by atoms with Gasteiger partial charge in [-0.2, -0.15) is 0 Å². The van der Waals surface area contributed by atoms with Crippen molar-refractivity contribution < 1.29 is 4.52 Å². The Morgan fingerprint density at radius 3 is 3.09 bits per heavy atom. The standard InChI is InChI=1S/C6H9N3OS/c1-4-2-5(10-9-4)3-11-6(7)8/h2H,3H2,1H3,(H3,7,8). The third kappa shape index (κ3) is 2.63. The van der Waals surface area contributed by atoms with Crippen molar-refractivity contribution in [2.24, 2.45) is 5.73 Å². The van der Waals surface area contributed by atoms with Crippen molar-refractivity contribution in [3.63, 3.8) is 0 Å². The second-order valence-corrected chi connectivity index (χ2v) is 3.10. The van der Waals surface area contributed by atoms with Crippen molar-refractivity contribution in [3.8, 4) is 0 Å². The third-order valence-electron chi connectivity index (χ3n) is 1.05. The lowest BCUT2D eigenvalue weighted by atomic mass is 10.4. The highest BCUT2D eigenvalue weighted by atomic mass is 32.2. The van der Waals surface area contributed by atoms with Crippen molar-refractivity contribution >= 4 is 16.9 Å². The van der Waals surface area contributed by atoms with Gasteiger partial charge < -0.3 is 10.3 Å². The molecule has 0 spiro atoms. The summed E-state index contributed by atoms with van der Waals surface area (Å²) in [5.74, 6) is 1.33. The number of hydrogen-bond acceptors (Lipinski definition) is 4. The van der Waals surface area contributed by atoms with Gasteiger partial charge in [-0.1, -0.05) is 16.9 Å². The van der Waals surface area contributed by atoms with Gasteiger partial charge in [-0.25, -0.2) is 0 Å². The smallest absolute Gasteiger partial charge is 0.151 e. The largest absolute Gasteiger partial charge is 0.379 e. The molecule has 0 amide bonds. The molecule has 0 aliphatic carbocycles. The molecule has 1 heterocycles. The van der Waals surface area contributed by atoms with Crippen LogP contribution in [0.1, 0.15) is 11.5 Å². The summed E-state index contributed by atoms with van der Waals surface area (Å²) in [6, 6.07) is 1.83. The highest BCUT2D eigenvalue weighted by Gasteiger charge is 2.00. The first-order valence-corrected chi connectivity index (χ1v) is 4.06. The van der Waals surface area contributed by atoms with Gasteiger partial charge in [0.15, 0.2) is 5.17 Å². The van der Waals surface area contributed by atoms with Crippen LogP contribution in [-0.2, 0) is 5.75 Å². The van der Waals surface area contributed by atoms with Crippen molar-refractivity contribution in [1.82, 2.24) is 5.16 Å². The van der Waals surface area contributed by atoms with Crippen LogP contribution in [0.15, 0.2) is 10.6 Å². The number of nitrogens with two attached hydrogens (primary N) is 1. The topological polar surface area (TPSA) is 75.9 Å². The van der Waals surface area contributed by atoms with Gasteiger partial charge in [0.1, 0.15) is 5.76 Å². The van der Waals surface area contributed by atoms with Crippen LogP contribution in [0.5, 0.6) is 0 Å². The Labute approximate surface area is 68.6 Å². The van der Waals surface area contributed by atoms with E-state index in [1.54, 1.807) is 0 Å². The van der Waals surface area contributed by atoms with Crippen LogP contribution < -0.4 is 5.73 Å². The van der Waals surface area contributed by atoms with Crippen molar-refractivity contribution in [2.75, 3.05) is 0 Å². The highest BCUT2D eigenvalue weighted by Crippen LogP contribution is 2.11. The average molecular weight is 171 g/mol. The predicted octanol–water partition coefficient (Wildman–Crippen LogP) is 1.11. The van der Waals surface area contributed by atoms with Crippen LogP contribution in [0.4, 0.5) is 0 Å². The van der Waals surface area contributed by atoms with Gasteiger partial charge in [0.2, 0.25) is 0 Å². The van der Waals surface area contributed by atoms with E-state index in [1.807, 2.05) is 13.0 Å². The molecular formula is C6H9N3OS. The number of nitrogens with one attached hydrogen (secondary N) is 1. The van der Waals surface area contributed by atoms with Crippen LogP contribution in [-0.4, -0.2) is 10.3 Å². The number of amidine groups is 1. The van der Waals surface area contributed by atoms with E-state index < -0.39 is 0 Å². The Morgan fingerprint density at radius 1 is 1.91 bits per heavy atom. The Balaban J connectivity index is 2.45. The lowest BCUT2D eigenvalue weighted by Crippen LogP contribution is -2.03. The van der Waals surface area contributed by atoms with Gasteiger partial charge in [0.05, 0.1) is 11.4 Å². The number of aryl methyl sites for hydroxylation is 1. The monoisotopic (exact) mass is 171 g/mol. The van der Waals surface area contributed by atoms with Crippen LogP contribution in [0.25, 0.3) is 0 Å². The lowest BCUT2D eigenvalue weighted by molar-refractivity contribution is 0.391. The zero-order chi connectivity index (χ0) is 8.27. The first-order chi connectivity index (χ1) is 5.18. The molecule has 11 heavy (non-hydrogen) atoms. The summed E-state index contributed by atoms with van der Waals surface area (Å²) in [6.45, 7) is 1.85. The molecule has 1 aromatic rings. The summed E-state index contributed by atoms with van der Waals surface area (Å²) in [4.78, 5) is 0. The van der Waals surface area contributed by atoms with Crippen LogP contribution in [0.2, 0.25) is 0 Å². The maximum Gasteiger partial charge on any atom is 0.151 e. The van der Waals surface area contributed by atoms with Gasteiger partial charge in [0.25, 0.3) is 0 Å². The molecule has 1 aromatic heterocycles. The number of nitrogens with zero attached hydrogens (tertiary/aromatic N) is 1. The molecule has 0 aliphatic rings. The normalized spacial score (nSPS) is 9.91. The van der Waals surface area contributed by atoms with Gasteiger partial charge >= 0.3 is 0 Å². The van der Waals surface area contributed by atoms with Gasteiger partial charge in [-0.05, 0) is 6.92 Å². The number of thioether (sulfide) groups is 1. The van der Waals surface area contributed by atoms with E-state index in [0.29, 0.717) is 5.75 Å². The van der Waals surface area contributed by atoms with E-state index in [2.05, 4.69) is 5.16 Å². The Morgan fingerprint density at radius 2 is 2.64 bits per heavy atom. The number of hydrogen-bond donors (Lipinski definition) is 2. The molecule has 0 unspecified atom stereocenters. The highest BCUT2D eigenvalue weighted by molar-refractivity contribution is 8.13. The van der Waals surface area contributed by atoms with Crippen LogP contribution >= 0.6 is 11.8 Å². The fraction of sp³-hybridized carbons (Fsp3) is 0.333. The fourth-order valence-corrected chi connectivity index (χ4v) is 1.07. The van der Waals surface area contributed by atoms with Crippen LogP contribution in [0, 0.1) is 12.3 Å². The SMILES string of the molecule is Cc1cc(CSC(=N)N)on1. The first-order valence-electron chi connectivity index (χ1n) is 3.07. The quantitative estimate of drug-likeness (QED) is 0.516. The summed E-state index contributed by atoms with van der Waals surface area (Å²) in [5.41, 5.74) is 5.98. The molecule has 1 rings (SSSR count). The lowest BCUT2D eigenvalue weighted by Gasteiger charge is -1.91. The van der Waals surface area contributed by atoms with Crippen LogP contribution in [0.3, 0.4) is 0 Å². The Kier molecular flexibility index (Phi) is 2.53. The molecule has 4 nitrogen and oxygen atoms in total. The Bertz CT molecular complexity index is 258. The van der Waals surface area contributed by atoms with E-state index in [1.165, 1.54) is 11.8 Å². The second-order valence-electron chi connectivity index (χ2n) is 2.09. The van der Waals surface area contributed by atoms with E-state index in [9.17, 15) is 0 Å². The molecule has 0 saturated carbocycles. The molecule has 0 saturated heterocycles. The van der Waals surface area contributed by atoms with Crippen molar-refractivity contribution in [1.29, 1.82) is 5.41 Å². The summed E-state index contributed by atoms with van der Waals surface area (Å²) >= 11 is 1.23. The summed E-state index contributed by atoms with van der Waals surface area (Å²) in [7, 11) is 0. The molecular weight excluding hydrogens is 162 g/mol. The number of aromatic nitrogens is 1. The van der Waals surface area contributed by atoms with Crippen molar-refractivity contribution in [3.05, 3.63) is 17.5 Å². The maximum atomic E-state index is 6.93. The molecule has 60 valence electrons. The maximum absolute atomic E-state index is 6.93.